The lowest BCUT2D eigenvalue weighted by Gasteiger charge is -2.19. The van der Waals surface area contributed by atoms with Crippen molar-refractivity contribution in [3.8, 4) is 0 Å². The van der Waals surface area contributed by atoms with Gasteiger partial charge in [0.2, 0.25) is 0 Å². The molecule has 0 radical (unpaired) electrons. The first-order valence-corrected chi connectivity index (χ1v) is 6.72. The molecule has 0 bridgehead atoms. The van der Waals surface area contributed by atoms with Gasteiger partial charge in [0.15, 0.2) is 0 Å². The first-order chi connectivity index (χ1) is 6.54. The van der Waals surface area contributed by atoms with Crippen LogP contribution in [0.25, 0.3) is 0 Å². The lowest BCUT2D eigenvalue weighted by Crippen LogP contribution is -2.12. The van der Waals surface area contributed by atoms with E-state index in [4.69, 9.17) is 25.4 Å². The minimum absolute atomic E-state index is 0.229. The summed E-state index contributed by atoms with van der Waals surface area (Å²) in [5.41, 5.74) is 0. The van der Waals surface area contributed by atoms with E-state index < -0.39 is 12.4 Å². The molecular weight excluding hydrogens is 227 g/mol. The summed E-state index contributed by atoms with van der Waals surface area (Å²) in [4.78, 5) is -1.24. The summed E-state index contributed by atoms with van der Waals surface area (Å²) < 4.78 is 27.6. The van der Waals surface area contributed by atoms with Gasteiger partial charge in [0.05, 0.1) is 13.2 Å². The second-order valence-electron chi connectivity index (χ2n) is 2.96. The Morgan fingerprint density at radius 3 is 2.14 bits per heavy atom. The van der Waals surface area contributed by atoms with Crippen LogP contribution in [0.1, 0.15) is 27.2 Å². The summed E-state index contributed by atoms with van der Waals surface area (Å²) >= 11 is 6.04. The number of hydrogen-bond donors (Lipinski definition) is 0. The van der Waals surface area contributed by atoms with Crippen LogP contribution in [0.15, 0.2) is 0 Å². The third-order valence-corrected chi connectivity index (χ3v) is 5.28. The summed E-state index contributed by atoms with van der Waals surface area (Å²) in [5, 5.41) is 0. The molecule has 0 aromatic heterocycles. The molecule has 2 atom stereocenters. The highest BCUT2D eigenvalue weighted by molar-refractivity contribution is 7.58. The predicted molar refractivity (Wildman–Crippen MR) is 54.6 cm³/mol. The van der Waals surface area contributed by atoms with Crippen LogP contribution < -0.4 is 0 Å². The quantitative estimate of drug-likeness (QED) is 0.408. The molecule has 1 aliphatic rings. The molecule has 0 aliphatic carbocycles. The van der Waals surface area contributed by atoms with Gasteiger partial charge in [-0.2, -0.15) is 0 Å². The van der Waals surface area contributed by atoms with Gasteiger partial charge in [-0.15, -0.1) is 0 Å². The molecule has 6 heteroatoms. The van der Waals surface area contributed by atoms with E-state index in [1.165, 1.54) is 0 Å². The van der Waals surface area contributed by atoms with Gasteiger partial charge >= 0.3 is 7.60 Å². The fourth-order valence-corrected chi connectivity index (χ4v) is 3.75. The number of alkyl halides is 1. The SMILES string of the molecule is CCOP(=O)(OCC)[C@@]1(Cl)O[C@@H]1CC. The molecule has 1 aliphatic heterocycles. The van der Waals surface area contributed by atoms with Gasteiger partial charge in [-0.1, -0.05) is 18.5 Å². The van der Waals surface area contributed by atoms with Crippen molar-refractivity contribution in [2.24, 2.45) is 0 Å². The summed E-state index contributed by atoms with van der Waals surface area (Å²) in [6.07, 6.45) is 0.473. The second-order valence-corrected chi connectivity index (χ2v) is 5.96. The standard InChI is InChI=1S/C8H16ClO4P/c1-4-7-8(9,13-7)14(10,11-5-2)12-6-3/h7H,4-6H2,1-3H3/t7-,8+/m1/s1. The average Bonchev–Trinajstić information content (AvgIpc) is 2.80. The van der Waals surface area contributed by atoms with Gasteiger partial charge in [0, 0.05) is 0 Å². The van der Waals surface area contributed by atoms with Gasteiger partial charge in [-0.3, -0.25) is 4.57 Å². The topological polar surface area (TPSA) is 48.1 Å². The highest BCUT2D eigenvalue weighted by Crippen LogP contribution is 2.72. The Hall–Kier alpha value is 0.400. The largest absolute Gasteiger partial charge is 0.380 e. The van der Waals surface area contributed by atoms with Crippen molar-refractivity contribution in [1.29, 1.82) is 0 Å². The number of epoxide rings is 1. The molecule has 0 aromatic carbocycles. The van der Waals surface area contributed by atoms with E-state index in [1.54, 1.807) is 13.8 Å². The summed E-state index contributed by atoms with van der Waals surface area (Å²) in [6.45, 7) is 6.00. The summed E-state index contributed by atoms with van der Waals surface area (Å²) in [7, 11) is -3.32. The fraction of sp³-hybridized carbons (Fsp3) is 1.00. The molecule has 0 unspecified atom stereocenters. The molecule has 1 rings (SSSR count). The Morgan fingerprint density at radius 2 is 1.86 bits per heavy atom. The van der Waals surface area contributed by atoms with E-state index in [0.29, 0.717) is 19.6 Å². The maximum atomic E-state index is 12.2. The molecule has 0 amide bonds. The van der Waals surface area contributed by atoms with E-state index in [9.17, 15) is 4.57 Å². The van der Waals surface area contributed by atoms with Gasteiger partial charge < -0.3 is 13.8 Å². The molecule has 4 nitrogen and oxygen atoms in total. The van der Waals surface area contributed by atoms with Crippen molar-refractivity contribution in [1.82, 2.24) is 0 Å². The Bertz CT molecular complexity index is 237. The van der Waals surface area contributed by atoms with Crippen LogP contribution in [0.5, 0.6) is 0 Å². The number of rotatable bonds is 6. The van der Waals surface area contributed by atoms with Crippen LogP contribution >= 0.6 is 19.2 Å². The highest BCUT2D eigenvalue weighted by atomic mass is 35.5. The van der Waals surface area contributed by atoms with Crippen molar-refractivity contribution in [3.05, 3.63) is 0 Å². The minimum atomic E-state index is -3.32. The van der Waals surface area contributed by atoms with E-state index in [1.807, 2.05) is 6.92 Å². The Balaban J connectivity index is 2.74. The van der Waals surface area contributed by atoms with Crippen molar-refractivity contribution in [3.63, 3.8) is 0 Å². The van der Waals surface area contributed by atoms with Crippen molar-refractivity contribution >= 4 is 19.2 Å². The lowest BCUT2D eigenvalue weighted by atomic mass is 10.4. The summed E-state index contributed by atoms with van der Waals surface area (Å²) in [5.74, 6) is 0. The number of hydrogen-bond acceptors (Lipinski definition) is 4. The first kappa shape index (κ1) is 12.5. The molecule has 0 spiro atoms. The second kappa shape index (κ2) is 4.50. The third kappa shape index (κ3) is 2.00. The summed E-state index contributed by atoms with van der Waals surface area (Å²) in [6, 6.07) is 0. The molecule has 14 heavy (non-hydrogen) atoms. The van der Waals surface area contributed by atoms with Crippen molar-refractivity contribution in [2.45, 2.75) is 38.1 Å². The zero-order valence-corrected chi connectivity index (χ0v) is 10.3. The van der Waals surface area contributed by atoms with Crippen LogP contribution in [0.4, 0.5) is 0 Å². The third-order valence-electron chi connectivity index (χ3n) is 1.99. The number of ether oxygens (including phenoxy) is 1. The van der Waals surface area contributed by atoms with Crippen LogP contribution in [0, 0.1) is 0 Å². The van der Waals surface area contributed by atoms with Gasteiger partial charge in [-0.05, 0) is 20.3 Å². The van der Waals surface area contributed by atoms with E-state index in [-0.39, 0.29) is 6.10 Å². The predicted octanol–water partition coefficient (Wildman–Crippen LogP) is 2.95. The van der Waals surface area contributed by atoms with Crippen molar-refractivity contribution in [2.75, 3.05) is 13.2 Å². The van der Waals surface area contributed by atoms with Crippen LogP contribution in [0.2, 0.25) is 0 Å². The van der Waals surface area contributed by atoms with Gasteiger partial charge in [0.25, 0.3) is 4.80 Å². The smallest absolute Gasteiger partial charge is 0.339 e. The lowest BCUT2D eigenvalue weighted by molar-refractivity contribution is 0.202. The van der Waals surface area contributed by atoms with E-state index >= 15 is 0 Å². The zero-order valence-electron chi connectivity index (χ0n) is 8.66. The molecular formula is C8H16ClO4P. The van der Waals surface area contributed by atoms with Crippen LogP contribution in [-0.2, 0) is 18.3 Å². The zero-order chi connectivity index (χ0) is 10.8. The van der Waals surface area contributed by atoms with E-state index in [0.717, 1.165) is 0 Å². The number of halogens is 1. The minimum Gasteiger partial charge on any atom is -0.339 e. The normalized spacial score (nSPS) is 31.9. The molecule has 1 fully saturated rings. The first-order valence-electron chi connectivity index (χ1n) is 4.80. The maximum absolute atomic E-state index is 12.2. The molecule has 1 heterocycles. The Labute approximate surface area is 89.4 Å². The van der Waals surface area contributed by atoms with E-state index in [2.05, 4.69) is 0 Å². The molecule has 1 saturated heterocycles. The molecule has 0 aromatic rings. The van der Waals surface area contributed by atoms with Crippen molar-refractivity contribution < 1.29 is 18.3 Å². The molecule has 0 saturated carbocycles. The average molecular weight is 243 g/mol. The monoisotopic (exact) mass is 242 g/mol. The van der Waals surface area contributed by atoms with Crippen LogP contribution in [0.3, 0.4) is 0 Å². The van der Waals surface area contributed by atoms with Crippen LogP contribution in [-0.4, -0.2) is 24.1 Å². The van der Waals surface area contributed by atoms with Gasteiger partial charge in [-0.25, -0.2) is 0 Å². The Morgan fingerprint density at radius 1 is 1.36 bits per heavy atom. The molecule has 0 N–H and O–H groups in total. The Kier molecular flexibility index (Phi) is 4.01. The fourth-order valence-electron chi connectivity index (χ4n) is 1.29. The highest BCUT2D eigenvalue weighted by Gasteiger charge is 2.69. The molecule has 84 valence electrons. The maximum Gasteiger partial charge on any atom is 0.380 e. The van der Waals surface area contributed by atoms with Gasteiger partial charge in [0.1, 0.15) is 6.10 Å².